The van der Waals surface area contributed by atoms with Crippen molar-refractivity contribution in [2.24, 2.45) is 0 Å². The van der Waals surface area contributed by atoms with E-state index in [2.05, 4.69) is 15.9 Å². The van der Waals surface area contributed by atoms with Crippen molar-refractivity contribution in [3.63, 3.8) is 0 Å². The van der Waals surface area contributed by atoms with E-state index < -0.39 is 11.6 Å². The first-order valence-electron chi connectivity index (χ1n) is 4.45. The largest absolute Gasteiger partial charge is 0.507 e. The van der Waals surface area contributed by atoms with Crippen LogP contribution in [0.1, 0.15) is 0 Å². The molecule has 84 valence electrons. The summed E-state index contributed by atoms with van der Waals surface area (Å²) in [6.45, 7) is 0. The molecular weight excluding hydrogens is 278 g/mol. The molecule has 4 heteroatoms. The first-order valence-corrected chi connectivity index (χ1v) is 5.24. The van der Waals surface area contributed by atoms with Crippen LogP contribution in [0.25, 0.3) is 0 Å². The number of hydrogen-bond acceptors (Lipinski definition) is 1. The maximum Gasteiger partial charge on any atom is 0.162 e. The highest BCUT2D eigenvalue weighted by Gasteiger charge is 2.05. The van der Waals surface area contributed by atoms with Crippen LogP contribution < -0.4 is 0 Å². The van der Waals surface area contributed by atoms with Gasteiger partial charge in [-0.2, -0.15) is 0 Å². The van der Waals surface area contributed by atoms with E-state index in [1.165, 1.54) is 0 Å². The normalized spacial score (nSPS) is 9.19. The first kappa shape index (κ1) is 12.6. The molecule has 2 aromatic rings. The van der Waals surface area contributed by atoms with Gasteiger partial charge in [0.15, 0.2) is 11.6 Å². The van der Waals surface area contributed by atoms with Crippen LogP contribution in [0.2, 0.25) is 0 Å². The molecule has 0 bridgehead atoms. The van der Waals surface area contributed by atoms with Crippen LogP contribution in [0.3, 0.4) is 0 Å². The fourth-order valence-electron chi connectivity index (χ4n) is 0.897. The van der Waals surface area contributed by atoms with Crippen LogP contribution in [-0.4, -0.2) is 5.11 Å². The lowest BCUT2D eigenvalue weighted by Gasteiger charge is -1.96. The molecule has 0 saturated carbocycles. The topological polar surface area (TPSA) is 20.2 Å². The summed E-state index contributed by atoms with van der Waals surface area (Å²) in [5.41, 5.74) is 0. The summed E-state index contributed by atoms with van der Waals surface area (Å²) in [7, 11) is 0. The molecule has 2 rings (SSSR count). The smallest absolute Gasteiger partial charge is 0.162 e. The molecule has 0 aliphatic heterocycles. The second-order valence-electron chi connectivity index (χ2n) is 2.87. The predicted molar refractivity (Wildman–Crippen MR) is 62.2 cm³/mol. The van der Waals surface area contributed by atoms with Crippen molar-refractivity contribution in [1.29, 1.82) is 0 Å². The SMILES string of the molecule is Oc1cc(F)c(F)cc1Br.c1ccccc1. The molecule has 0 aliphatic carbocycles. The van der Waals surface area contributed by atoms with Crippen molar-refractivity contribution < 1.29 is 13.9 Å². The highest BCUT2D eigenvalue weighted by molar-refractivity contribution is 9.10. The Labute approximate surface area is 100 Å². The third kappa shape index (κ3) is 3.98. The van der Waals surface area contributed by atoms with Gasteiger partial charge in [0.1, 0.15) is 5.75 Å². The molecule has 0 amide bonds. The summed E-state index contributed by atoms with van der Waals surface area (Å²) < 4.78 is 24.6. The summed E-state index contributed by atoms with van der Waals surface area (Å²) in [6, 6.07) is 13.6. The minimum Gasteiger partial charge on any atom is -0.507 e. The summed E-state index contributed by atoms with van der Waals surface area (Å²) in [4.78, 5) is 0. The van der Waals surface area contributed by atoms with Crippen molar-refractivity contribution >= 4 is 15.9 Å². The number of benzene rings is 2. The third-order valence-corrected chi connectivity index (χ3v) is 2.29. The molecule has 2 aromatic carbocycles. The summed E-state index contributed by atoms with van der Waals surface area (Å²) >= 11 is 2.82. The van der Waals surface area contributed by atoms with Crippen LogP contribution >= 0.6 is 15.9 Å². The van der Waals surface area contributed by atoms with Gasteiger partial charge in [-0.25, -0.2) is 8.78 Å². The van der Waals surface area contributed by atoms with Crippen molar-refractivity contribution in [3.05, 3.63) is 64.6 Å². The molecule has 0 aliphatic rings. The molecule has 0 saturated heterocycles. The summed E-state index contributed by atoms with van der Waals surface area (Å²) in [6.07, 6.45) is 0. The van der Waals surface area contributed by atoms with Crippen molar-refractivity contribution in [2.75, 3.05) is 0 Å². The number of rotatable bonds is 0. The maximum absolute atomic E-state index is 12.2. The quantitative estimate of drug-likeness (QED) is 0.723. The van der Waals surface area contributed by atoms with Gasteiger partial charge in [-0.3, -0.25) is 0 Å². The Balaban J connectivity index is 0.000000181. The lowest BCUT2D eigenvalue weighted by Crippen LogP contribution is -1.82. The van der Waals surface area contributed by atoms with Crippen molar-refractivity contribution in [1.82, 2.24) is 0 Å². The van der Waals surface area contributed by atoms with E-state index in [-0.39, 0.29) is 10.2 Å². The predicted octanol–water partition coefficient (Wildman–Crippen LogP) is 4.12. The van der Waals surface area contributed by atoms with Crippen molar-refractivity contribution in [2.45, 2.75) is 0 Å². The second kappa shape index (κ2) is 6.23. The Morgan fingerprint density at radius 3 is 1.56 bits per heavy atom. The molecule has 0 atom stereocenters. The highest BCUT2D eigenvalue weighted by atomic mass is 79.9. The lowest BCUT2D eigenvalue weighted by molar-refractivity contribution is 0.451. The van der Waals surface area contributed by atoms with Crippen LogP contribution in [0.5, 0.6) is 5.75 Å². The zero-order chi connectivity index (χ0) is 12.0. The average Bonchev–Trinajstić information content (AvgIpc) is 2.30. The fourth-order valence-corrected chi connectivity index (χ4v) is 1.21. The Morgan fingerprint density at radius 2 is 1.19 bits per heavy atom. The third-order valence-electron chi connectivity index (χ3n) is 1.66. The van der Waals surface area contributed by atoms with Crippen LogP contribution in [-0.2, 0) is 0 Å². The van der Waals surface area contributed by atoms with E-state index in [4.69, 9.17) is 5.11 Å². The zero-order valence-electron chi connectivity index (χ0n) is 8.20. The Hall–Kier alpha value is -1.42. The van der Waals surface area contributed by atoms with Gasteiger partial charge in [0.2, 0.25) is 0 Å². The first-order chi connectivity index (χ1) is 7.61. The van der Waals surface area contributed by atoms with E-state index in [9.17, 15) is 8.78 Å². The Bertz CT molecular complexity index is 369. The van der Waals surface area contributed by atoms with Gasteiger partial charge in [-0.15, -0.1) is 0 Å². The van der Waals surface area contributed by atoms with Gasteiger partial charge in [0.05, 0.1) is 4.47 Å². The summed E-state index contributed by atoms with van der Waals surface area (Å²) in [5, 5.41) is 8.77. The monoisotopic (exact) mass is 286 g/mol. The molecule has 1 N–H and O–H groups in total. The Kier molecular flexibility index (Phi) is 4.92. The van der Waals surface area contributed by atoms with E-state index in [0.29, 0.717) is 6.07 Å². The highest BCUT2D eigenvalue weighted by Crippen LogP contribution is 2.25. The number of aromatic hydroxyl groups is 1. The molecule has 0 spiro atoms. The lowest BCUT2D eigenvalue weighted by atomic mass is 10.3. The van der Waals surface area contributed by atoms with Crippen LogP contribution in [0.4, 0.5) is 8.78 Å². The van der Waals surface area contributed by atoms with E-state index in [0.717, 1.165) is 6.07 Å². The Morgan fingerprint density at radius 1 is 0.812 bits per heavy atom. The van der Waals surface area contributed by atoms with Gasteiger partial charge in [-0.05, 0) is 22.0 Å². The van der Waals surface area contributed by atoms with Gasteiger partial charge >= 0.3 is 0 Å². The standard InChI is InChI=1S/C6H3BrF2O.C6H6/c7-3-1-4(8)5(9)2-6(3)10;1-2-4-6-5-3-1/h1-2,10H;1-6H. The number of halogens is 3. The molecular formula is C12H9BrF2O. The minimum atomic E-state index is -1.05. The van der Waals surface area contributed by atoms with Crippen molar-refractivity contribution in [3.8, 4) is 5.75 Å². The molecule has 0 unspecified atom stereocenters. The molecule has 0 aromatic heterocycles. The van der Waals surface area contributed by atoms with Gasteiger partial charge in [-0.1, -0.05) is 36.4 Å². The van der Waals surface area contributed by atoms with E-state index in [1.807, 2.05) is 36.4 Å². The zero-order valence-corrected chi connectivity index (χ0v) is 9.79. The number of phenols is 1. The second-order valence-corrected chi connectivity index (χ2v) is 3.73. The molecule has 1 nitrogen and oxygen atoms in total. The molecule has 0 heterocycles. The molecule has 0 fully saturated rings. The molecule has 0 radical (unpaired) electrons. The fraction of sp³-hybridized carbons (Fsp3) is 0. The van der Waals surface area contributed by atoms with E-state index in [1.54, 1.807) is 0 Å². The minimum absolute atomic E-state index is 0.145. The molecule has 16 heavy (non-hydrogen) atoms. The van der Waals surface area contributed by atoms with Crippen LogP contribution in [0.15, 0.2) is 53.0 Å². The van der Waals surface area contributed by atoms with Gasteiger partial charge in [0.25, 0.3) is 0 Å². The average molecular weight is 287 g/mol. The van der Waals surface area contributed by atoms with E-state index >= 15 is 0 Å². The van der Waals surface area contributed by atoms with Gasteiger partial charge < -0.3 is 5.11 Å². The van der Waals surface area contributed by atoms with Crippen LogP contribution in [0, 0.1) is 11.6 Å². The maximum atomic E-state index is 12.2. The number of hydrogen-bond donors (Lipinski definition) is 1. The summed E-state index contributed by atoms with van der Waals surface area (Å²) in [5.74, 6) is -2.34. The number of phenolic OH excluding ortho intramolecular Hbond substituents is 1. The van der Waals surface area contributed by atoms with Gasteiger partial charge in [0, 0.05) is 6.07 Å².